The van der Waals surface area contributed by atoms with Crippen molar-refractivity contribution in [2.24, 2.45) is 12.0 Å². The minimum atomic E-state index is 0.257. The summed E-state index contributed by atoms with van der Waals surface area (Å²) in [7, 11) is 7.19. The maximum atomic E-state index is 5.48. The van der Waals surface area contributed by atoms with Gasteiger partial charge >= 0.3 is 0 Å². The zero-order chi connectivity index (χ0) is 23.3. The second-order valence-electron chi connectivity index (χ2n) is 8.52. The zero-order valence-corrected chi connectivity index (χ0v) is 20.6. The van der Waals surface area contributed by atoms with Crippen LogP contribution >= 0.6 is 0 Å². The first kappa shape index (κ1) is 23.9. The van der Waals surface area contributed by atoms with Crippen LogP contribution in [-0.2, 0) is 26.4 Å². The van der Waals surface area contributed by atoms with Crippen LogP contribution in [-0.4, -0.2) is 67.6 Å². The molecule has 176 valence electrons. The molecule has 1 aliphatic rings. The molecule has 1 aliphatic heterocycles. The Kier molecular flexibility index (Phi) is 8.01. The summed E-state index contributed by atoms with van der Waals surface area (Å²) in [5.41, 5.74) is 6.29. The van der Waals surface area contributed by atoms with Gasteiger partial charge in [0.05, 0.1) is 19.9 Å². The lowest BCUT2D eigenvalue weighted by molar-refractivity contribution is 0.256. The lowest BCUT2D eigenvalue weighted by atomic mass is 9.99. The van der Waals surface area contributed by atoms with E-state index in [1.165, 1.54) is 22.4 Å². The summed E-state index contributed by atoms with van der Waals surface area (Å²) in [6.07, 6.45) is 1.93. The van der Waals surface area contributed by atoms with E-state index in [0.717, 1.165) is 62.2 Å². The molecule has 2 aromatic rings. The summed E-state index contributed by atoms with van der Waals surface area (Å²) in [5.74, 6) is 2.44. The van der Waals surface area contributed by atoms with Crippen LogP contribution in [0.5, 0.6) is 11.5 Å². The van der Waals surface area contributed by atoms with Crippen molar-refractivity contribution >= 4 is 5.96 Å². The molecule has 3 rings (SSSR count). The molecule has 1 aromatic carbocycles. The van der Waals surface area contributed by atoms with Crippen LogP contribution in [0.3, 0.4) is 0 Å². The molecule has 0 bridgehead atoms. The topological polar surface area (TPSA) is 75.9 Å². The average molecular weight is 443 g/mol. The monoisotopic (exact) mass is 442 g/mol. The molecule has 0 saturated heterocycles. The van der Waals surface area contributed by atoms with Gasteiger partial charge in [-0.1, -0.05) is 0 Å². The fourth-order valence-corrected chi connectivity index (χ4v) is 4.36. The number of nitrogens with one attached hydrogen (secondary N) is 2. The number of aliphatic imine (C=N–C) groups is 1. The molecule has 1 atom stereocenters. The van der Waals surface area contributed by atoms with Gasteiger partial charge in [-0.2, -0.15) is 5.10 Å². The van der Waals surface area contributed by atoms with E-state index in [1.54, 1.807) is 14.2 Å². The molecule has 0 amide bonds. The quantitative estimate of drug-likeness (QED) is 0.482. The normalized spacial score (nSPS) is 15.3. The number of rotatable bonds is 8. The minimum absolute atomic E-state index is 0.257. The van der Waals surface area contributed by atoms with Gasteiger partial charge in [0.1, 0.15) is 0 Å². The number of benzene rings is 1. The van der Waals surface area contributed by atoms with Crippen molar-refractivity contribution in [3.8, 4) is 11.5 Å². The highest BCUT2D eigenvalue weighted by molar-refractivity contribution is 5.79. The standard InChI is InChI=1S/C24H38N6O2/c1-16(12-21-17(2)28-29(5)18(21)3)27-24(25-4)26-9-11-30-10-8-19-13-22(31-6)23(32-7)14-20(19)15-30/h13-14,16H,8-12,15H2,1-7H3,(H2,25,26,27). The largest absolute Gasteiger partial charge is 0.493 e. The summed E-state index contributed by atoms with van der Waals surface area (Å²) in [6, 6.07) is 4.48. The number of hydrogen-bond donors (Lipinski definition) is 2. The number of hydrogen-bond acceptors (Lipinski definition) is 5. The molecule has 0 radical (unpaired) electrons. The fraction of sp³-hybridized carbons (Fsp3) is 0.583. The summed E-state index contributed by atoms with van der Waals surface area (Å²) >= 11 is 0. The van der Waals surface area contributed by atoms with E-state index in [4.69, 9.17) is 9.47 Å². The molecule has 1 aromatic heterocycles. The Morgan fingerprint density at radius 1 is 1.19 bits per heavy atom. The number of guanidine groups is 1. The summed E-state index contributed by atoms with van der Waals surface area (Å²) < 4.78 is 12.9. The zero-order valence-electron chi connectivity index (χ0n) is 20.6. The van der Waals surface area contributed by atoms with Crippen molar-refractivity contribution < 1.29 is 9.47 Å². The fourth-order valence-electron chi connectivity index (χ4n) is 4.36. The van der Waals surface area contributed by atoms with Gasteiger partial charge in [0.25, 0.3) is 0 Å². The lowest BCUT2D eigenvalue weighted by Crippen LogP contribution is -2.46. The second kappa shape index (κ2) is 10.7. The van der Waals surface area contributed by atoms with E-state index in [9.17, 15) is 0 Å². The van der Waals surface area contributed by atoms with Crippen LogP contribution in [0.4, 0.5) is 0 Å². The van der Waals surface area contributed by atoms with E-state index in [0.29, 0.717) is 0 Å². The van der Waals surface area contributed by atoms with E-state index < -0.39 is 0 Å². The van der Waals surface area contributed by atoms with E-state index >= 15 is 0 Å². The molecule has 1 unspecified atom stereocenters. The molecule has 8 heteroatoms. The Balaban J connectivity index is 1.49. The van der Waals surface area contributed by atoms with Crippen LogP contribution in [0.15, 0.2) is 17.1 Å². The average Bonchev–Trinajstić information content (AvgIpc) is 3.03. The molecule has 0 spiro atoms. The van der Waals surface area contributed by atoms with E-state index in [2.05, 4.69) is 58.5 Å². The molecule has 0 saturated carbocycles. The molecule has 8 nitrogen and oxygen atoms in total. The SMILES string of the molecule is CN=C(NCCN1CCc2cc(OC)c(OC)cc2C1)NC(C)Cc1c(C)nn(C)c1C. The van der Waals surface area contributed by atoms with Gasteiger partial charge in [-0.3, -0.25) is 14.6 Å². The highest BCUT2D eigenvalue weighted by Crippen LogP contribution is 2.33. The molecular weight excluding hydrogens is 404 g/mol. The lowest BCUT2D eigenvalue weighted by Gasteiger charge is -2.30. The molecule has 2 heterocycles. The number of aromatic nitrogens is 2. The van der Waals surface area contributed by atoms with Gasteiger partial charge in [-0.05, 0) is 62.4 Å². The first-order valence-electron chi connectivity index (χ1n) is 11.3. The highest BCUT2D eigenvalue weighted by Gasteiger charge is 2.19. The minimum Gasteiger partial charge on any atom is -0.493 e. The van der Waals surface area contributed by atoms with Gasteiger partial charge in [0.2, 0.25) is 0 Å². The van der Waals surface area contributed by atoms with Crippen LogP contribution in [0.1, 0.15) is 35.0 Å². The number of aryl methyl sites for hydroxylation is 2. The van der Waals surface area contributed by atoms with Gasteiger partial charge in [-0.15, -0.1) is 0 Å². The van der Waals surface area contributed by atoms with Gasteiger partial charge in [-0.25, -0.2) is 0 Å². The first-order valence-corrected chi connectivity index (χ1v) is 11.3. The molecule has 0 fully saturated rings. The predicted octanol–water partition coefficient (Wildman–Crippen LogP) is 2.21. The summed E-state index contributed by atoms with van der Waals surface area (Å²) in [6.45, 7) is 10.1. The Hall–Kier alpha value is -2.74. The maximum Gasteiger partial charge on any atom is 0.191 e. The van der Waals surface area contributed by atoms with Crippen molar-refractivity contribution in [3.63, 3.8) is 0 Å². The molecule has 32 heavy (non-hydrogen) atoms. The molecule has 2 N–H and O–H groups in total. The second-order valence-corrected chi connectivity index (χ2v) is 8.52. The van der Waals surface area contributed by atoms with Crippen molar-refractivity contribution in [1.82, 2.24) is 25.3 Å². The van der Waals surface area contributed by atoms with Crippen molar-refractivity contribution in [2.75, 3.05) is 40.9 Å². The van der Waals surface area contributed by atoms with Gasteiger partial charge < -0.3 is 20.1 Å². The maximum absolute atomic E-state index is 5.48. The Labute approximate surface area is 192 Å². The third-order valence-electron chi connectivity index (χ3n) is 6.29. The van der Waals surface area contributed by atoms with Crippen LogP contribution < -0.4 is 20.1 Å². The number of ether oxygens (including phenoxy) is 2. The van der Waals surface area contributed by atoms with Gasteiger partial charge in [0, 0.05) is 52.0 Å². The highest BCUT2D eigenvalue weighted by atomic mass is 16.5. The number of fused-ring (bicyclic) bond motifs is 1. The van der Waals surface area contributed by atoms with E-state index in [-0.39, 0.29) is 6.04 Å². The third-order valence-corrected chi connectivity index (χ3v) is 6.29. The van der Waals surface area contributed by atoms with E-state index in [1.807, 2.05) is 18.8 Å². The van der Waals surface area contributed by atoms with Crippen LogP contribution in [0.25, 0.3) is 0 Å². The number of methoxy groups -OCH3 is 2. The van der Waals surface area contributed by atoms with Crippen molar-refractivity contribution in [1.29, 1.82) is 0 Å². The van der Waals surface area contributed by atoms with Crippen molar-refractivity contribution in [2.45, 2.75) is 46.2 Å². The Bertz CT molecular complexity index is 952. The predicted molar refractivity (Wildman–Crippen MR) is 129 cm³/mol. The number of nitrogens with zero attached hydrogens (tertiary/aromatic N) is 4. The third kappa shape index (κ3) is 5.54. The summed E-state index contributed by atoms with van der Waals surface area (Å²) in [5, 5.41) is 11.5. The Morgan fingerprint density at radius 2 is 1.88 bits per heavy atom. The molecule has 0 aliphatic carbocycles. The van der Waals surface area contributed by atoms with Crippen LogP contribution in [0.2, 0.25) is 0 Å². The first-order chi connectivity index (χ1) is 15.4. The Morgan fingerprint density at radius 3 is 2.47 bits per heavy atom. The molecular formula is C24H38N6O2. The van der Waals surface area contributed by atoms with Gasteiger partial charge in [0.15, 0.2) is 17.5 Å². The summed E-state index contributed by atoms with van der Waals surface area (Å²) in [4.78, 5) is 6.86. The smallest absolute Gasteiger partial charge is 0.191 e. The van der Waals surface area contributed by atoms with Crippen molar-refractivity contribution in [3.05, 3.63) is 40.2 Å². The van der Waals surface area contributed by atoms with Crippen LogP contribution in [0, 0.1) is 13.8 Å².